The first kappa shape index (κ1) is 16.0. The van der Waals surface area contributed by atoms with E-state index in [0.29, 0.717) is 18.1 Å². The maximum absolute atomic E-state index is 9.08. The summed E-state index contributed by atoms with van der Waals surface area (Å²) in [6.07, 6.45) is 3.91. The molecule has 1 aromatic rings. The van der Waals surface area contributed by atoms with Crippen LogP contribution < -0.4 is 5.32 Å². The van der Waals surface area contributed by atoms with Crippen molar-refractivity contribution >= 4 is 0 Å². The molecule has 0 aromatic heterocycles. The van der Waals surface area contributed by atoms with Gasteiger partial charge in [0.15, 0.2) is 0 Å². The van der Waals surface area contributed by atoms with Crippen LogP contribution in [0.3, 0.4) is 0 Å². The number of rotatable bonds is 5. The summed E-state index contributed by atoms with van der Waals surface area (Å²) >= 11 is 0. The second kappa shape index (κ2) is 7.59. The van der Waals surface area contributed by atoms with Gasteiger partial charge in [0.05, 0.1) is 11.6 Å². The normalized spacial score (nSPS) is 20.5. The Morgan fingerprint density at radius 1 is 1.33 bits per heavy atom. The Morgan fingerprint density at radius 2 is 2.14 bits per heavy atom. The standard InChI is InChI=1S/C18H27N3/c1-14(2)21(13-18-9-4-5-10-20-18)15(3)17-8-6-7-16(11-17)12-19/h6-8,11,14-15,18,20H,4-5,9-10,13H2,1-3H3. The fourth-order valence-corrected chi connectivity index (χ4v) is 3.21. The van der Waals surface area contributed by atoms with E-state index in [1.54, 1.807) is 0 Å². The molecule has 2 rings (SSSR count). The molecule has 0 amide bonds. The summed E-state index contributed by atoms with van der Waals surface area (Å²) in [4.78, 5) is 2.54. The molecule has 0 bridgehead atoms. The van der Waals surface area contributed by atoms with Crippen LogP contribution in [0.25, 0.3) is 0 Å². The highest BCUT2D eigenvalue weighted by molar-refractivity contribution is 5.34. The number of benzene rings is 1. The Bertz CT molecular complexity index is 483. The molecule has 114 valence electrons. The summed E-state index contributed by atoms with van der Waals surface area (Å²) in [7, 11) is 0. The quantitative estimate of drug-likeness (QED) is 0.900. The molecule has 0 radical (unpaired) electrons. The molecule has 1 aliphatic heterocycles. The third kappa shape index (κ3) is 4.30. The van der Waals surface area contributed by atoms with Crippen LogP contribution in [-0.4, -0.2) is 30.1 Å². The first-order valence-corrected chi connectivity index (χ1v) is 8.11. The van der Waals surface area contributed by atoms with Gasteiger partial charge in [-0.15, -0.1) is 0 Å². The van der Waals surface area contributed by atoms with E-state index < -0.39 is 0 Å². The number of nitrogens with zero attached hydrogens (tertiary/aromatic N) is 2. The lowest BCUT2D eigenvalue weighted by Crippen LogP contribution is -2.46. The van der Waals surface area contributed by atoms with Crippen molar-refractivity contribution in [2.45, 2.75) is 58.2 Å². The van der Waals surface area contributed by atoms with Gasteiger partial charge >= 0.3 is 0 Å². The number of hydrogen-bond acceptors (Lipinski definition) is 3. The minimum atomic E-state index is 0.335. The third-order valence-electron chi connectivity index (χ3n) is 4.50. The van der Waals surface area contributed by atoms with Gasteiger partial charge in [-0.3, -0.25) is 4.90 Å². The molecule has 2 atom stereocenters. The molecular weight excluding hydrogens is 258 g/mol. The van der Waals surface area contributed by atoms with Crippen LogP contribution in [0.4, 0.5) is 0 Å². The Morgan fingerprint density at radius 3 is 2.76 bits per heavy atom. The van der Waals surface area contributed by atoms with Crippen molar-refractivity contribution in [2.24, 2.45) is 0 Å². The minimum absolute atomic E-state index is 0.335. The zero-order chi connectivity index (χ0) is 15.2. The third-order valence-corrected chi connectivity index (χ3v) is 4.50. The Balaban J connectivity index is 2.10. The van der Waals surface area contributed by atoms with E-state index in [9.17, 15) is 0 Å². The van der Waals surface area contributed by atoms with Crippen LogP contribution in [0.1, 0.15) is 57.2 Å². The summed E-state index contributed by atoms with van der Waals surface area (Å²) in [6.45, 7) is 8.99. The fraction of sp³-hybridized carbons (Fsp3) is 0.611. The van der Waals surface area contributed by atoms with Crippen LogP contribution in [0, 0.1) is 11.3 Å². The summed E-state index contributed by atoms with van der Waals surface area (Å²) in [6, 6.07) is 11.7. The zero-order valence-corrected chi connectivity index (χ0v) is 13.5. The van der Waals surface area contributed by atoms with Gasteiger partial charge in [-0.1, -0.05) is 18.6 Å². The van der Waals surface area contributed by atoms with Gasteiger partial charge in [-0.25, -0.2) is 0 Å². The van der Waals surface area contributed by atoms with Gasteiger partial charge in [0, 0.05) is 24.7 Å². The molecule has 1 heterocycles. The van der Waals surface area contributed by atoms with Crippen molar-refractivity contribution in [1.29, 1.82) is 5.26 Å². The summed E-state index contributed by atoms with van der Waals surface area (Å²) in [5, 5.41) is 12.7. The second-order valence-electron chi connectivity index (χ2n) is 6.35. The van der Waals surface area contributed by atoms with E-state index in [-0.39, 0.29) is 0 Å². The molecule has 1 fully saturated rings. The predicted octanol–water partition coefficient (Wildman–Crippen LogP) is 3.47. The van der Waals surface area contributed by atoms with E-state index in [1.165, 1.54) is 24.8 Å². The zero-order valence-electron chi connectivity index (χ0n) is 13.5. The van der Waals surface area contributed by atoms with Gasteiger partial charge in [0.1, 0.15) is 0 Å². The van der Waals surface area contributed by atoms with Gasteiger partial charge in [0.25, 0.3) is 0 Å². The monoisotopic (exact) mass is 285 g/mol. The lowest BCUT2D eigenvalue weighted by molar-refractivity contribution is 0.138. The van der Waals surface area contributed by atoms with Crippen LogP contribution in [0.5, 0.6) is 0 Å². The molecule has 2 unspecified atom stereocenters. The fourth-order valence-electron chi connectivity index (χ4n) is 3.21. The van der Waals surface area contributed by atoms with E-state index in [1.807, 2.05) is 18.2 Å². The van der Waals surface area contributed by atoms with Crippen LogP contribution in [0.15, 0.2) is 24.3 Å². The highest BCUT2D eigenvalue weighted by atomic mass is 15.2. The minimum Gasteiger partial charge on any atom is -0.313 e. The maximum atomic E-state index is 9.08. The van der Waals surface area contributed by atoms with Crippen molar-refractivity contribution in [3.8, 4) is 6.07 Å². The topological polar surface area (TPSA) is 39.1 Å². The number of nitrogens with one attached hydrogen (secondary N) is 1. The smallest absolute Gasteiger partial charge is 0.0991 e. The average molecular weight is 285 g/mol. The molecule has 1 N–H and O–H groups in total. The first-order chi connectivity index (χ1) is 10.1. The maximum Gasteiger partial charge on any atom is 0.0991 e. The summed E-state index contributed by atoms with van der Waals surface area (Å²) < 4.78 is 0. The van der Waals surface area contributed by atoms with Gasteiger partial charge in [-0.2, -0.15) is 5.26 Å². The Hall–Kier alpha value is -1.37. The lowest BCUT2D eigenvalue weighted by atomic mass is 9.99. The molecule has 21 heavy (non-hydrogen) atoms. The van der Waals surface area contributed by atoms with Crippen molar-refractivity contribution < 1.29 is 0 Å². The summed E-state index contributed by atoms with van der Waals surface area (Å²) in [5.74, 6) is 0. The van der Waals surface area contributed by atoms with Crippen molar-refractivity contribution in [2.75, 3.05) is 13.1 Å². The van der Waals surface area contributed by atoms with Crippen molar-refractivity contribution in [3.63, 3.8) is 0 Å². The van der Waals surface area contributed by atoms with Gasteiger partial charge in [-0.05, 0) is 57.9 Å². The van der Waals surface area contributed by atoms with E-state index in [4.69, 9.17) is 5.26 Å². The molecule has 1 aliphatic rings. The number of piperidine rings is 1. The molecule has 0 aliphatic carbocycles. The van der Waals surface area contributed by atoms with Gasteiger partial charge in [0.2, 0.25) is 0 Å². The molecule has 0 saturated carbocycles. The highest BCUT2D eigenvalue weighted by Crippen LogP contribution is 2.24. The van der Waals surface area contributed by atoms with Gasteiger partial charge < -0.3 is 5.32 Å². The largest absolute Gasteiger partial charge is 0.313 e. The predicted molar refractivity (Wildman–Crippen MR) is 87.1 cm³/mol. The SMILES string of the molecule is CC(C)N(CC1CCCCN1)C(C)c1cccc(C#N)c1. The lowest BCUT2D eigenvalue weighted by Gasteiger charge is -2.37. The molecule has 1 saturated heterocycles. The van der Waals surface area contributed by atoms with Crippen LogP contribution >= 0.6 is 0 Å². The molecule has 1 aromatic carbocycles. The highest BCUT2D eigenvalue weighted by Gasteiger charge is 2.23. The molecule has 3 nitrogen and oxygen atoms in total. The Labute approximate surface area is 129 Å². The van der Waals surface area contributed by atoms with Crippen LogP contribution in [0.2, 0.25) is 0 Å². The van der Waals surface area contributed by atoms with E-state index in [0.717, 1.165) is 18.7 Å². The van der Waals surface area contributed by atoms with Crippen LogP contribution in [-0.2, 0) is 0 Å². The number of hydrogen-bond donors (Lipinski definition) is 1. The number of nitriles is 1. The van der Waals surface area contributed by atoms with E-state index in [2.05, 4.69) is 43.1 Å². The average Bonchev–Trinajstić information content (AvgIpc) is 2.52. The van der Waals surface area contributed by atoms with E-state index >= 15 is 0 Å². The molecule has 3 heteroatoms. The molecular formula is C18H27N3. The molecule has 0 spiro atoms. The second-order valence-corrected chi connectivity index (χ2v) is 6.35. The Kier molecular flexibility index (Phi) is 5.78. The first-order valence-electron chi connectivity index (χ1n) is 8.11. The summed E-state index contributed by atoms with van der Waals surface area (Å²) in [5.41, 5.74) is 1.98. The van der Waals surface area contributed by atoms with Crippen molar-refractivity contribution in [1.82, 2.24) is 10.2 Å². The van der Waals surface area contributed by atoms with Crippen molar-refractivity contribution in [3.05, 3.63) is 35.4 Å².